The van der Waals surface area contributed by atoms with Crippen molar-refractivity contribution < 1.29 is 9.90 Å². The van der Waals surface area contributed by atoms with Crippen molar-refractivity contribution in [2.24, 2.45) is 0 Å². The van der Waals surface area contributed by atoms with Crippen molar-refractivity contribution in [2.75, 3.05) is 0 Å². The van der Waals surface area contributed by atoms with Crippen molar-refractivity contribution in [2.45, 2.75) is 77.6 Å². The van der Waals surface area contributed by atoms with Crippen LogP contribution in [0, 0.1) is 6.92 Å². The highest BCUT2D eigenvalue weighted by atomic mass is 16.4. The molecule has 0 aromatic heterocycles. The molecular formula is C25H32O2. The maximum Gasteiger partial charge on any atom is 0.335 e. The van der Waals surface area contributed by atoms with Crippen molar-refractivity contribution in [3.8, 4) is 0 Å². The lowest BCUT2D eigenvalue weighted by atomic mass is 9.72. The summed E-state index contributed by atoms with van der Waals surface area (Å²) in [7, 11) is 0. The van der Waals surface area contributed by atoms with Crippen LogP contribution < -0.4 is 0 Å². The van der Waals surface area contributed by atoms with Crippen LogP contribution in [0.4, 0.5) is 0 Å². The van der Waals surface area contributed by atoms with Gasteiger partial charge in [0.2, 0.25) is 0 Å². The van der Waals surface area contributed by atoms with Crippen molar-refractivity contribution >= 4 is 5.97 Å². The quantitative estimate of drug-likeness (QED) is 0.687. The SMILES string of the molecule is Cc1cc(C(C)(C)C)c(C(C)(C)C)cc1C1(c2ccc(C(=O)O)cc2)CC1. The molecule has 1 N–H and O–H groups in total. The monoisotopic (exact) mass is 364 g/mol. The van der Waals surface area contributed by atoms with Crippen LogP contribution in [0.1, 0.15) is 92.6 Å². The number of rotatable bonds is 3. The van der Waals surface area contributed by atoms with Crippen LogP contribution >= 0.6 is 0 Å². The highest BCUT2D eigenvalue weighted by molar-refractivity contribution is 5.87. The predicted molar refractivity (Wildman–Crippen MR) is 112 cm³/mol. The van der Waals surface area contributed by atoms with Gasteiger partial charge in [0.25, 0.3) is 0 Å². The van der Waals surface area contributed by atoms with Crippen LogP contribution in [-0.4, -0.2) is 11.1 Å². The van der Waals surface area contributed by atoms with Crippen LogP contribution in [0.3, 0.4) is 0 Å². The fourth-order valence-corrected chi connectivity index (χ4v) is 4.23. The third kappa shape index (κ3) is 3.54. The van der Waals surface area contributed by atoms with E-state index in [2.05, 4.69) is 60.6 Å². The molecule has 2 nitrogen and oxygen atoms in total. The van der Waals surface area contributed by atoms with Crippen LogP contribution in [0.5, 0.6) is 0 Å². The summed E-state index contributed by atoms with van der Waals surface area (Å²) < 4.78 is 0. The van der Waals surface area contributed by atoms with Crippen LogP contribution in [0.25, 0.3) is 0 Å². The number of aryl methyl sites for hydroxylation is 1. The fraction of sp³-hybridized carbons (Fsp3) is 0.480. The van der Waals surface area contributed by atoms with E-state index in [9.17, 15) is 9.90 Å². The standard InChI is InChI=1S/C25H32O2/c1-16-14-20(23(2,3)4)21(24(5,6)7)15-19(16)25(12-13-25)18-10-8-17(9-11-18)22(26)27/h8-11,14-15H,12-13H2,1-7H3,(H,26,27). The Hall–Kier alpha value is -2.09. The van der Waals surface area contributed by atoms with E-state index in [1.807, 2.05) is 12.1 Å². The zero-order valence-electron chi connectivity index (χ0n) is 17.7. The van der Waals surface area contributed by atoms with Gasteiger partial charge < -0.3 is 5.11 Å². The lowest BCUT2D eigenvalue weighted by Crippen LogP contribution is -2.24. The molecule has 0 radical (unpaired) electrons. The highest BCUT2D eigenvalue weighted by Gasteiger charge is 2.47. The number of carboxylic acid groups (broad SMARTS) is 1. The van der Waals surface area contributed by atoms with E-state index in [4.69, 9.17) is 0 Å². The van der Waals surface area contributed by atoms with Gasteiger partial charge in [0.1, 0.15) is 0 Å². The zero-order valence-corrected chi connectivity index (χ0v) is 17.7. The van der Waals surface area contributed by atoms with Gasteiger partial charge in [0.15, 0.2) is 0 Å². The minimum atomic E-state index is -0.868. The van der Waals surface area contributed by atoms with Gasteiger partial charge in [0, 0.05) is 5.41 Å². The fourth-order valence-electron chi connectivity index (χ4n) is 4.23. The smallest absolute Gasteiger partial charge is 0.335 e. The van der Waals surface area contributed by atoms with Crippen molar-refractivity contribution in [3.63, 3.8) is 0 Å². The molecule has 1 aliphatic carbocycles. The summed E-state index contributed by atoms with van der Waals surface area (Å²) in [5.74, 6) is -0.868. The van der Waals surface area contributed by atoms with Crippen LogP contribution in [0.15, 0.2) is 36.4 Å². The maximum atomic E-state index is 11.2. The molecular weight excluding hydrogens is 332 g/mol. The normalized spacial score (nSPS) is 16.3. The summed E-state index contributed by atoms with van der Waals surface area (Å²) in [6.45, 7) is 16.0. The molecule has 2 aromatic rings. The molecule has 1 saturated carbocycles. The van der Waals surface area contributed by atoms with Gasteiger partial charge in [-0.3, -0.25) is 0 Å². The van der Waals surface area contributed by atoms with Gasteiger partial charge in [0.05, 0.1) is 5.56 Å². The first kappa shape index (κ1) is 19.7. The minimum absolute atomic E-state index is 0.0392. The number of carboxylic acids is 1. The predicted octanol–water partition coefficient (Wildman–Crippen LogP) is 6.37. The summed E-state index contributed by atoms with van der Waals surface area (Å²) in [4.78, 5) is 11.2. The molecule has 0 heterocycles. The van der Waals surface area contributed by atoms with E-state index in [-0.39, 0.29) is 16.2 Å². The van der Waals surface area contributed by atoms with Crippen LogP contribution in [0.2, 0.25) is 0 Å². The Morgan fingerprint density at radius 2 is 1.37 bits per heavy atom. The molecule has 1 aliphatic rings. The molecule has 1 fully saturated rings. The third-order valence-corrected chi connectivity index (χ3v) is 5.93. The number of benzene rings is 2. The van der Waals surface area contributed by atoms with Gasteiger partial charge in [-0.25, -0.2) is 4.79 Å². The number of aromatic carboxylic acids is 1. The van der Waals surface area contributed by atoms with Gasteiger partial charge in [-0.15, -0.1) is 0 Å². The Balaban J connectivity index is 2.15. The Morgan fingerprint density at radius 3 is 1.78 bits per heavy atom. The maximum absolute atomic E-state index is 11.2. The molecule has 0 unspecified atom stereocenters. The third-order valence-electron chi connectivity index (χ3n) is 5.93. The molecule has 0 atom stereocenters. The second kappa shape index (κ2) is 6.22. The summed E-state index contributed by atoms with van der Waals surface area (Å²) in [6, 6.07) is 12.3. The summed E-state index contributed by atoms with van der Waals surface area (Å²) in [5.41, 5.74) is 7.40. The van der Waals surface area contributed by atoms with Crippen molar-refractivity contribution in [1.82, 2.24) is 0 Å². The summed E-state index contributed by atoms with van der Waals surface area (Å²) in [5, 5.41) is 9.19. The van der Waals surface area contributed by atoms with E-state index in [1.54, 1.807) is 12.1 Å². The van der Waals surface area contributed by atoms with E-state index in [1.165, 1.54) is 27.8 Å². The van der Waals surface area contributed by atoms with E-state index in [0.717, 1.165) is 12.8 Å². The van der Waals surface area contributed by atoms with E-state index < -0.39 is 5.97 Å². The molecule has 0 aliphatic heterocycles. The lowest BCUT2D eigenvalue weighted by Gasteiger charge is -2.33. The average molecular weight is 365 g/mol. The van der Waals surface area contributed by atoms with Gasteiger partial charge in [-0.2, -0.15) is 0 Å². The second-order valence-corrected chi connectivity index (χ2v) is 10.2. The molecule has 144 valence electrons. The largest absolute Gasteiger partial charge is 0.478 e. The molecule has 2 heteroatoms. The molecule has 3 rings (SSSR count). The van der Waals surface area contributed by atoms with Gasteiger partial charge in [-0.1, -0.05) is 65.8 Å². The average Bonchev–Trinajstić information content (AvgIpc) is 3.34. The molecule has 0 amide bonds. The molecule has 0 spiro atoms. The lowest BCUT2D eigenvalue weighted by molar-refractivity contribution is 0.0697. The van der Waals surface area contributed by atoms with Crippen LogP contribution in [-0.2, 0) is 16.2 Å². The van der Waals surface area contributed by atoms with E-state index >= 15 is 0 Å². The Morgan fingerprint density at radius 1 is 0.889 bits per heavy atom. The first-order chi connectivity index (χ1) is 12.4. The van der Waals surface area contributed by atoms with Crippen molar-refractivity contribution in [1.29, 1.82) is 0 Å². The first-order valence-corrected chi connectivity index (χ1v) is 9.86. The summed E-state index contributed by atoms with van der Waals surface area (Å²) in [6.07, 6.45) is 2.25. The summed E-state index contributed by atoms with van der Waals surface area (Å²) >= 11 is 0. The molecule has 2 aromatic carbocycles. The molecule has 0 bridgehead atoms. The Kier molecular flexibility index (Phi) is 4.53. The zero-order chi connectivity index (χ0) is 20.2. The second-order valence-electron chi connectivity index (χ2n) is 10.2. The number of carbonyl (C=O) groups is 1. The topological polar surface area (TPSA) is 37.3 Å². The van der Waals surface area contributed by atoms with E-state index in [0.29, 0.717) is 5.56 Å². The Labute approximate surface area is 163 Å². The molecule has 27 heavy (non-hydrogen) atoms. The minimum Gasteiger partial charge on any atom is -0.478 e. The van der Waals surface area contributed by atoms with Gasteiger partial charge >= 0.3 is 5.97 Å². The van der Waals surface area contributed by atoms with Gasteiger partial charge in [-0.05, 0) is 70.5 Å². The van der Waals surface area contributed by atoms with Crippen molar-refractivity contribution in [3.05, 3.63) is 69.8 Å². The Bertz CT molecular complexity index is 870. The number of hydrogen-bond donors (Lipinski definition) is 1. The first-order valence-electron chi connectivity index (χ1n) is 9.86. The highest BCUT2D eigenvalue weighted by Crippen LogP contribution is 2.55. The molecule has 0 saturated heterocycles. The number of hydrogen-bond acceptors (Lipinski definition) is 1.